The van der Waals surface area contributed by atoms with Gasteiger partial charge in [-0.3, -0.25) is 24.3 Å². The molecular formula is C38H62Cl2Si2Zr2. The van der Waals surface area contributed by atoms with Crippen LogP contribution in [-0.4, -0.2) is 19.0 Å². The van der Waals surface area contributed by atoms with Crippen molar-refractivity contribution in [2.24, 2.45) is 11.8 Å². The third-order valence-electron chi connectivity index (χ3n) is 7.09. The van der Waals surface area contributed by atoms with Crippen LogP contribution in [0.4, 0.5) is 0 Å². The third kappa shape index (κ3) is 26.7. The van der Waals surface area contributed by atoms with Crippen LogP contribution in [0.5, 0.6) is 0 Å². The molecule has 0 N–H and O–H groups in total. The molecule has 4 radical (unpaired) electrons. The first-order chi connectivity index (χ1) is 18.9. The van der Waals surface area contributed by atoms with Crippen LogP contribution in [0, 0.1) is 36.1 Å². The van der Waals surface area contributed by atoms with Crippen molar-refractivity contribution in [1.82, 2.24) is 0 Å². The summed E-state index contributed by atoms with van der Waals surface area (Å²) in [5.74, 6) is 1.12. The van der Waals surface area contributed by atoms with Crippen molar-refractivity contribution >= 4 is 19.0 Å². The third-order valence-corrected chi connectivity index (χ3v) is 7.09. The molecule has 0 aliphatic heterocycles. The van der Waals surface area contributed by atoms with Gasteiger partial charge in [-0.15, -0.1) is 26.7 Å². The van der Waals surface area contributed by atoms with E-state index in [0.29, 0.717) is 11.8 Å². The second-order valence-electron chi connectivity index (χ2n) is 10.9. The van der Waals surface area contributed by atoms with E-state index in [1.807, 2.05) is 0 Å². The zero-order valence-corrected chi connectivity index (χ0v) is 39.4. The predicted molar refractivity (Wildman–Crippen MR) is 189 cm³/mol. The Bertz CT molecular complexity index is 889. The van der Waals surface area contributed by atoms with Gasteiger partial charge in [0.15, 0.2) is 0 Å². The Morgan fingerprint density at radius 2 is 0.886 bits per heavy atom. The van der Waals surface area contributed by atoms with Gasteiger partial charge in [-0.25, -0.2) is 34.4 Å². The zero-order valence-electron chi connectivity index (χ0n) is 30.6. The van der Waals surface area contributed by atoms with E-state index in [4.69, 9.17) is 0 Å². The van der Waals surface area contributed by atoms with Gasteiger partial charge < -0.3 is 24.8 Å². The van der Waals surface area contributed by atoms with E-state index in [2.05, 4.69) is 144 Å². The first kappa shape index (κ1) is 57.0. The molecule has 4 aliphatic carbocycles. The van der Waals surface area contributed by atoms with Crippen molar-refractivity contribution in [3.63, 3.8) is 0 Å². The molecule has 2 atom stereocenters. The van der Waals surface area contributed by atoms with Crippen molar-refractivity contribution in [2.45, 2.75) is 134 Å². The van der Waals surface area contributed by atoms with E-state index < -0.39 is 0 Å². The molecule has 4 aliphatic rings. The average molecular weight is 828 g/mol. The van der Waals surface area contributed by atoms with E-state index in [0.717, 1.165) is 31.9 Å². The number of allylic oxidation sites excluding steroid dienone is 16. The van der Waals surface area contributed by atoms with E-state index in [-0.39, 0.29) is 77.2 Å². The quantitative estimate of drug-likeness (QED) is 0.262. The molecule has 0 aromatic heterocycles. The smallest absolute Gasteiger partial charge is 1.00 e. The van der Waals surface area contributed by atoms with Gasteiger partial charge in [0, 0.05) is 19.0 Å². The van der Waals surface area contributed by atoms with Crippen LogP contribution in [-0.2, 0) is 52.4 Å². The molecule has 244 valence electrons. The fraction of sp³-hybridized carbons (Fsp3) is 0.579. The first-order valence-corrected chi connectivity index (χ1v) is 20.1. The van der Waals surface area contributed by atoms with Crippen molar-refractivity contribution in [3.05, 3.63) is 93.2 Å². The summed E-state index contributed by atoms with van der Waals surface area (Å²) < 4.78 is 0. The van der Waals surface area contributed by atoms with E-state index in [9.17, 15) is 0 Å². The molecule has 6 heteroatoms. The molecule has 0 amide bonds. The van der Waals surface area contributed by atoms with Crippen molar-refractivity contribution in [3.8, 4) is 0 Å². The summed E-state index contributed by atoms with van der Waals surface area (Å²) in [6.07, 6.45) is 28.7. The molecule has 0 aromatic rings. The summed E-state index contributed by atoms with van der Waals surface area (Å²) in [6, 6.07) is 0. The summed E-state index contributed by atoms with van der Waals surface area (Å²) in [5.41, 5.74) is 11.4. The number of hydrogen-bond donors (Lipinski definition) is 0. The molecule has 2 unspecified atom stereocenters. The van der Waals surface area contributed by atoms with Crippen molar-refractivity contribution in [2.75, 3.05) is 0 Å². The summed E-state index contributed by atoms with van der Waals surface area (Å²) in [7, 11) is 1.50. The number of rotatable bonds is 4. The largest absolute Gasteiger partial charge is 3.00 e. The van der Waals surface area contributed by atoms with Gasteiger partial charge in [-0.05, 0) is 0 Å². The molecule has 4 rings (SSSR count). The van der Waals surface area contributed by atoms with Crippen molar-refractivity contribution < 1.29 is 77.2 Å². The maximum atomic E-state index is 3.36. The number of hydrogen-bond acceptors (Lipinski definition) is 0. The molecule has 0 aromatic carbocycles. The van der Waals surface area contributed by atoms with Crippen LogP contribution in [0.3, 0.4) is 0 Å². The standard InChI is InChI=1S/2C9H13.2C8H11.2C2H7Si.2ClH.2Zr/c2*1-6-5-7(2)9(4)8(6)3;2*1-2-5-8-6-3-4-7-8;2*1-3-2;;;;/h2*6H,1-4H3;2*6-7H,2-3,5H2,1H3;2*3H,1-2H3;2*1H;;/q4*-1;;;;;2*+3/p-2. The van der Waals surface area contributed by atoms with Crippen LogP contribution in [0.15, 0.2) is 68.9 Å². The van der Waals surface area contributed by atoms with Gasteiger partial charge in [-0.1, -0.05) is 119 Å². The summed E-state index contributed by atoms with van der Waals surface area (Å²) in [6.45, 7) is 30.6. The predicted octanol–water partition coefficient (Wildman–Crippen LogP) is 5.44. The fourth-order valence-electron chi connectivity index (χ4n) is 4.13. The Balaban J connectivity index is -0.000000100. The Morgan fingerprint density at radius 1 is 0.614 bits per heavy atom. The Morgan fingerprint density at radius 3 is 1.00 bits per heavy atom. The van der Waals surface area contributed by atoms with Gasteiger partial charge >= 0.3 is 52.4 Å². The van der Waals surface area contributed by atoms with Gasteiger partial charge in [0.05, 0.1) is 0 Å². The summed E-state index contributed by atoms with van der Waals surface area (Å²) in [4.78, 5) is 0. The van der Waals surface area contributed by atoms with Crippen LogP contribution >= 0.6 is 0 Å². The van der Waals surface area contributed by atoms with Gasteiger partial charge in [-0.2, -0.15) is 34.4 Å². The van der Waals surface area contributed by atoms with Crippen LogP contribution < -0.4 is 24.8 Å². The molecule has 0 heterocycles. The second kappa shape index (κ2) is 36.5. The molecule has 0 saturated heterocycles. The maximum absolute atomic E-state index is 3.36. The Hall–Kier alpha value is 0.700. The SMILES string of the molecule is CC1=[C-]C(C)C(C)=C1C.CC1=[C-]C(C)C(C)=C1C.CCCC1=CC[C-]=C1.CCCC1=CC[C-]=C1.C[SiH]C.C[SiH]C.[Cl-].[Cl-].[Zr+3].[Zr+3]. The van der Waals surface area contributed by atoms with Gasteiger partial charge in [0.2, 0.25) is 0 Å². The molecule has 0 spiro atoms. The van der Waals surface area contributed by atoms with Gasteiger partial charge in [0.25, 0.3) is 0 Å². The van der Waals surface area contributed by atoms with Crippen LogP contribution in [0.1, 0.15) is 108 Å². The number of halogens is 2. The van der Waals surface area contributed by atoms with Crippen molar-refractivity contribution in [1.29, 1.82) is 0 Å². The molecule has 0 nitrogen and oxygen atoms in total. The molecule has 44 heavy (non-hydrogen) atoms. The van der Waals surface area contributed by atoms with E-state index in [1.54, 1.807) is 0 Å². The summed E-state index contributed by atoms with van der Waals surface area (Å²) >= 11 is 0. The zero-order chi connectivity index (χ0) is 31.1. The average Bonchev–Trinajstić information content (AvgIpc) is 3.70. The molecule has 0 bridgehead atoms. The van der Waals surface area contributed by atoms with E-state index >= 15 is 0 Å². The monoisotopic (exact) mass is 824 g/mol. The fourth-order valence-corrected chi connectivity index (χ4v) is 4.13. The minimum absolute atomic E-state index is 0. The van der Waals surface area contributed by atoms with Crippen LogP contribution in [0.2, 0.25) is 26.2 Å². The minimum atomic E-state index is 0. The Labute approximate surface area is 332 Å². The maximum Gasteiger partial charge on any atom is 3.00 e. The molecule has 0 saturated carbocycles. The molecular weight excluding hydrogens is 766 g/mol. The van der Waals surface area contributed by atoms with Gasteiger partial charge in [0.1, 0.15) is 0 Å². The summed E-state index contributed by atoms with van der Waals surface area (Å²) in [5, 5.41) is 0. The van der Waals surface area contributed by atoms with E-state index in [1.165, 1.54) is 70.3 Å². The first-order valence-electron chi connectivity index (χ1n) is 15.5. The second-order valence-corrected chi connectivity index (χ2v) is 13.2. The topological polar surface area (TPSA) is 0 Å². The molecule has 0 fully saturated rings. The minimum Gasteiger partial charge on any atom is -1.00 e. The normalized spacial score (nSPS) is 18.0. The Kier molecular flexibility index (Phi) is 47.3. The van der Waals surface area contributed by atoms with Crippen LogP contribution in [0.25, 0.3) is 0 Å².